The Morgan fingerprint density at radius 3 is 2.50 bits per heavy atom. The van der Waals surface area contributed by atoms with Gasteiger partial charge in [0.25, 0.3) is 0 Å². The molecule has 1 fully saturated rings. The molecule has 4 nitrogen and oxygen atoms in total. The molecule has 6 heteroatoms. The first-order valence-corrected chi connectivity index (χ1v) is 6.64. The van der Waals surface area contributed by atoms with E-state index in [1.54, 1.807) is 19.1 Å². The number of nitrogens with two attached hydrogens (primary N) is 1. The van der Waals surface area contributed by atoms with E-state index in [0.29, 0.717) is 11.6 Å². The van der Waals surface area contributed by atoms with Gasteiger partial charge in [0.2, 0.25) is 0 Å². The zero-order valence-electron chi connectivity index (χ0n) is 12.0. The van der Waals surface area contributed by atoms with Crippen LogP contribution in [0.2, 0.25) is 0 Å². The Morgan fingerprint density at radius 2 is 2.00 bits per heavy atom. The summed E-state index contributed by atoms with van der Waals surface area (Å²) in [6.45, 7) is 0.685. The summed E-state index contributed by atoms with van der Waals surface area (Å²) in [6.07, 6.45) is 0. The summed E-state index contributed by atoms with van der Waals surface area (Å²) in [4.78, 5) is 4.29. The lowest BCUT2D eigenvalue weighted by Gasteiger charge is -2.44. The molecule has 0 bridgehead atoms. The molecule has 0 spiro atoms. The average molecular weight is 285 g/mol. The summed E-state index contributed by atoms with van der Waals surface area (Å²) in [5, 5.41) is 0. The van der Waals surface area contributed by atoms with Gasteiger partial charge < -0.3 is 20.3 Å². The second-order valence-electron chi connectivity index (χ2n) is 5.41. The third kappa shape index (κ3) is 3.19. The molecule has 1 aromatic carbocycles. The molecular formula is C14H21F2N3O. The molecule has 1 aromatic rings. The minimum Gasteiger partial charge on any atom is -0.434 e. The van der Waals surface area contributed by atoms with Gasteiger partial charge >= 0.3 is 6.61 Å². The van der Waals surface area contributed by atoms with E-state index in [4.69, 9.17) is 5.73 Å². The van der Waals surface area contributed by atoms with Crippen molar-refractivity contribution in [2.75, 3.05) is 32.1 Å². The number of alkyl halides is 2. The standard InChI is InChI=1S/C14H21F2N3O/c1-9(17)12-5-4-10(6-13(12)20-14(15)16)19-7-11(8-19)18(2)3/h4-6,9,11,14H,7-8,17H2,1-3H3/t9-/m0/s1. The van der Waals surface area contributed by atoms with Crippen LogP contribution in [0.25, 0.3) is 0 Å². The maximum atomic E-state index is 12.5. The van der Waals surface area contributed by atoms with E-state index in [9.17, 15) is 8.78 Å². The van der Waals surface area contributed by atoms with Crippen molar-refractivity contribution in [3.63, 3.8) is 0 Å². The van der Waals surface area contributed by atoms with E-state index in [-0.39, 0.29) is 11.8 Å². The second-order valence-corrected chi connectivity index (χ2v) is 5.41. The van der Waals surface area contributed by atoms with Crippen molar-refractivity contribution in [3.05, 3.63) is 23.8 Å². The fourth-order valence-electron chi connectivity index (χ4n) is 2.29. The Balaban J connectivity index is 2.16. The van der Waals surface area contributed by atoms with Crippen molar-refractivity contribution >= 4 is 5.69 Å². The van der Waals surface area contributed by atoms with Crippen LogP contribution in [0.3, 0.4) is 0 Å². The third-order valence-electron chi connectivity index (χ3n) is 3.66. The first-order valence-electron chi connectivity index (χ1n) is 6.64. The Bertz CT molecular complexity index is 460. The largest absolute Gasteiger partial charge is 0.434 e. The predicted molar refractivity (Wildman–Crippen MR) is 75.4 cm³/mol. The normalized spacial score (nSPS) is 17.5. The molecule has 0 aliphatic carbocycles. The third-order valence-corrected chi connectivity index (χ3v) is 3.66. The Labute approximate surface area is 118 Å². The molecule has 2 N–H and O–H groups in total. The van der Waals surface area contributed by atoms with Gasteiger partial charge in [-0.3, -0.25) is 0 Å². The first kappa shape index (κ1) is 15.0. The lowest BCUT2D eigenvalue weighted by atomic mass is 10.0. The van der Waals surface area contributed by atoms with Gasteiger partial charge in [-0.2, -0.15) is 8.78 Å². The predicted octanol–water partition coefficient (Wildman–Crippen LogP) is 2.06. The number of anilines is 1. The summed E-state index contributed by atoms with van der Waals surface area (Å²) in [5.41, 5.74) is 7.27. The van der Waals surface area contributed by atoms with Gasteiger partial charge in [-0.1, -0.05) is 6.07 Å². The van der Waals surface area contributed by atoms with Gasteiger partial charge in [-0.15, -0.1) is 0 Å². The van der Waals surface area contributed by atoms with E-state index < -0.39 is 6.61 Å². The van der Waals surface area contributed by atoms with Gasteiger partial charge in [0.15, 0.2) is 0 Å². The maximum Gasteiger partial charge on any atom is 0.387 e. The number of likely N-dealkylation sites (N-methyl/N-ethyl adjacent to an activating group) is 1. The molecule has 112 valence electrons. The van der Waals surface area contributed by atoms with Crippen LogP contribution in [0.15, 0.2) is 18.2 Å². The number of benzene rings is 1. The highest BCUT2D eigenvalue weighted by molar-refractivity contribution is 5.56. The fourth-order valence-corrected chi connectivity index (χ4v) is 2.29. The Kier molecular flexibility index (Phi) is 4.45. The Morgan fingerprint density at radius 1 is 1.35 bits per heavy atom. The summed E-state index contributed by atoms with van der Waals surface area (Å²) in [7, 11) is 4.07. The van der Waals surface area contributed by atoms with E-state index in [2.05, 4.69) is 14.5 Å². The lowest BCUT2D eigenvalue weighted by molar-refractivity contribution is -0.0505. The zero-order chi connectivity index (χ0) is 14.9. The van der Waals surface area contributed by atoms with Crippen molar-refractivity contribution < 1.29 is 13.5 Å². The molecule has 0 aromatic heterocycles. The zero-order valence-corrected chi connectivity index (χ0v) is 12.0. The smallest absolute Gasteiger partial charge is 0.387 e. The van der Waals surface area contributed by atoms with Crippen LogP contribution in [0.1, 0.15) is 18.5 Å². The number of rotatable bonds is 5. The van der Waals surface area contributed by atoms with Gasteiger partial charge in [0, 0.05) is 42.5 Å². The number of hydrogen-bond acceptors (Lipinski definition) is 4. The fraction of sp³-hybridized carbons (Fsp3) is 0.571. The summed E-state index contributed by atoms with van der Waals surface area (Å²) in [5.74, 6) is 0.167. The maximum absolute atomic E-state index is 12.5. The van der Waals surface area contributed by atoms with Crippen LogP contribution in [-0.4, -0.2) is 44.7 Å². The highest BCUT2D eigenvalue weighted by atomic mass is 19.3. The molecule has 0 saturated carbocycles. The number of halogens is 2. The lowest BCUT2D eigenvalue weighted by Crippen LogP contribution is -2.57. The summed E-state index contributed by atoms with van der Waals surface area (Å²) >= 11 is 0. The highest BCUT2D eigenvalue weighted by Crippen LogP contribution is 2.32. The number of hydrogen-bond donors (Lipinski definition) is 1. The summed E-state index contributed by atoms with van der Waals surface area (Å²) < 4.78 is 29.5. The molecule has 0 radical (unpaired) electrons. The Hall–Kier alpha value is -1.40. The number of nitrogens with zero attached hydrogens (tertiary/aromatic N) is 2. The van der Waals surface area contributed by atoms with Gasteiger partial charge in [-0.25, -0.2) is 0 Å². The average Bonchev–Trinajstić information content (AvgIpc) is 2.25. The van der Waals surface area contributed by atoms with Crippen LogP contribution in [0, 0.1) is 0 Å². The molecule has 1 atom stereocenters. The van der Waals surface area contributed by atoms with E-state index in [1.807, 2.05) is 20.2 Å². The molecule has 1 aliphatic heterocycles. The number of ether oxygens (including phenoxy) is 1. The molecule has 1 heterocycles. The van der Waals surface area contributed by atoms with Gasteiger partial charge in [-0.05, 0) is 27.1 Å². The van der Waals surface area contributed by atoms with Crippen molar-refractivity contribution in [1.29, 1.82) is 0 Å². The van der Waals surface area contributed by atoms with Crippen LogP contribution < -0.4 is 15.4 Å². The molecular weight excluding hydrogens is 264 g/mol. The topological polar surface area (TPSA) is 41.7 Å². The summed E-state index contributed by atoms with van der Waals surface area (Å²) in [6, 6.07) is 5.48. The second kappa shape index (κ2) is 5.93. The quantitative estimate of drug-likeness (QED) is 0.899. The van der Waals surface area contributed by atoms with Crippen LogP contribution in [-0.2, 0) is 0 Å². The molecule has 1 saturated heterocycles. The molecule has 20 heavy (non-hydrogen) atoms. The molecule has 1 aliphatic rings. The van der Waals surface area contributed by atoms with Gasteiger partial charge in [0.05, 0.1) is 0 Å². The van der Waals surface area contributed by atoms with E-state index >= 15 is 0 Å². The van der Waals surface area contributed by atoms with Crippen LogP contribution in [0.4, 0.5) is 14.5 Å². The van der Waals surface area contributed by atoms with E-state index in [1.165, 1.54) is 0 Å². The van der Waals surface area contributed by atoms with Crippen molar-refractivity contribution in [1.82, 2.24) is 4.90 Å². The van der Waals surface area contributed by atoms with Gasteiger partial charge in [0.1, 0.15) is 5.75 Å². The minimum atomic E-state index is -2.84. The monoisotopic (exact) mass is 285 g/mol. The minimum absolute atomic E-state index is 0.167. The van der Waals surface area contributed by atoms with Crippen LogP contribution in [0.5, 0.6) is 5.75 Å². The molecule has 0 unspecified atom stereocenters. The van der Waals surface area contributed by atoms with Crippen molar-refractivity contribution in [3.8, 4) is 5.75 Å². The van der Waals surface area contributed by atoms with E-state index in [0.717, 1.165) is 18.8 Å². The molecule has 0 amide bonds. The van der Waals surface area contributed by atoms with Crippen molar-refractivity contribution in [2.45, 2.75) is 25.6 Å². The molecule has 2 rings (SSSR count). The van der Waals surface area contributed by atoms with Crippen molar-refractivity contribution in [2.24, 2.45) is 5.73 Å². The highest BCUT2D eigenvalue weighted by Gasteiger charge is 2.29. The first-order chi connectivity index (χ1) is 9.38. The SMILES string of the molecule is C[C@H](N)c1ccc(N2CC(N(C)C)C2)cc1OC(F)F. The van der Waals surface area contributed by atoms with Crippen LogP contribution >= 0.6 is 0 Å².